The molecule has 0 bridgehead atoms. The first-order valence-corrected chi connectivity index (χ1v) is 11.3. The van der Waals surface area contributed by atoms with E-state index in [4.69, 9.17) is 4.74 Å². The third-order valence-electron chi connectivity index (χ3n) is 4.67. The van der Waals surface area contributed by atoms with Crippen LogP contribution in [0.15, 0.2) is 65.6 Å². The molecule has 28 heavy (non-hydrogen) atoms. The van der Waals surface area contributed by atoms with Crippen molar-refractivity contribution in [3.8, 4) is 11.1 Å². The van der Waals surface area contributed by atoms with Gasteiger partial charge in [-0.2, -0.15) is 0 Å². The smallest absolute Gasteiger partial charge is 0.265 e. The topological polar surface area (TPSA) is 41.6 Å². The van der Waals surface area contributed by atoms with Crippen molar-refractivity contribution < 1.29 is 9.53 Å². The van der Waals surface area contributed by atoms with E-state index in [2.05, 4.69) is 22.3 Å². The van der Waals surface area contributed by atoms with Gasteiger partial charge in [-0.1, -0.05) is 30.3 Å². The molecule has 1 saturated heterocycles. The van der Waals surface area contributed by atoms with Gasteiger partial charge in [-0.25, -0.2) is 0 Å². The van der Waals surface area contributed by atoms with E-state index in [9.17, 15) is 4.79 Å². The summed E-state index contributed by atoms with van der Waals surface area (Å²) in [7, 11) is 0. The molecular formula is C22H22N2O2S2. The number of benzene rings is 2. The summed E-state index contributed by atoms with van der Waals surface area (Å²) in [6.45, 7) is 3.13. The van der Waals surface area contributed by atoms with Crippen LogP contribution in [0.4, 0.5) is 10.7 Å². The SMILES string of the molecule is CSc1ccc(NC(=O)c2cc(-c3ccccc3)c(N3CCOCC3)s2)cc1. The summed E-state index contributed by atoms with van der Waals surface area (Å²) in [5, 5.41) is 4.16. The van der Waals surface area contributed by atoms with Crippen molar-refractivity contribution in [1.82, 2.24) is 0 Å². The molecule has 0 unspecified atom stereocenters. The molecule has 144 valence electrons. The van der Waals surface area contributed by atoms with Gasteiger partial charge >= 0.3 is 0 Å². The van der Waals surface area contributed by atoms with Crippen LogP contribution in [-0.4, -0.2) is 38.5 Å². The van der Waals surface area contributed by atoms with Crippen LogP contribution >= 0.6 is 23.1 Å². The molecule has 1 amide bonds. The fraction of sp³-hybridized carbons (Fsp3) is 0.227. The third-order valence-corrected chi connectivity index (χ3v) is 6.61. The molecule has 0 saturated carbocycles. The van der Waals surface area contributed by atoms with E-state index in [0.29, 0.717) is 4.88 Å². The van der Waals surface area contributed by atoms with Gasteiger partial charge in [0.25, 0.3) is 5.91 Å². The second-order valence-electron chi connectivity index (χ2n) is 6.48. The number of carbonyl (C=O) groups excluding carboxylic acids is 1. The molecule has 0 aliphatic carbocycles. The normalized spacial score (nSPS) is 14.1. The van der Waals surface area contributed by atoms with Crippen molar-refractivity contribution in [3.63, 3.8) is 0 Å². The van der Waals surface area contributed by atoms with E-state index in [1.165, 1.54) is 4.90 Å². The summed E-state index contributed by atoms with van der Waals surface area (Å²) in [5.74, 6) is -0.0707. The lowest BCUT2D eigenvalue weighted by atomic mass is 10.1. The Balaban J connectivity index is 1.63. The number of nitrogens with one attached hydrogen (secondary N) is 1. The number of anilines is 2. The summed E-state index contributed by atoms with van der Waals surface area (Å²) in [4.78, 5) is 17.1. The van der Waals surface area contributed by atoms with Crippen molar-refractivity contribution in [3.05, 3.63) is 65.5 Å². The Bertz CT molecular complexity index is 933. The maximum Gasteiger partial charge on any atom is 0.265 e. The van der Waals surface area contributed by atoms with Crippen LogP contribution in [0.25, 0.3) is 11.1 Å². The molecule has 1 aliphatic heterocycles. The highest BCUT2D eigenvalue weighted by molar-refractivity contribution is 7.98. The van der Waals surface area contributed by atoms with Crippen molar-refractivity contribution in [2.24, 2.45) is 0 Å². The van der Waals surface area contributed by atoms with E-state index in [0.717, 1.165) is 48.1 Å². The molecule has 1 aliphatic rings. The van der Waals surface area contributed by atoms with Gasteiger partial charge in [0.2, 0.25) is 0 Å². The highest BCUT2D eigenvalue weighted by Gasteiger charge is 2.22. The molecule has 2 heterocycles. The van der Waals surface area contributed by atoms with Gasteiger partial charge in [-0.3, -0.25) is 4.79 Å². The summed E-state index contributed by atoms with van der Waals surface area (Å²) in [6.07, 6.45) is 2.04. The molecule has 2 aromatic carbocycles. The first-order valence-electron chi connectivity index (χ1n) is 9.22. The predicted octanol–water partition coefficient (Wildman–Crippen LogP) is 5.23. The Labute approximate surface area is 173 Å². The number of carbonyl (C=O) groups is 1. The lowest BCUT2D eigenvalue weighted by Crippen LogP contribution is -2.35. The number of hydrogen-bond acceptors (Lipinski definition) is 5. The Morgan fingerprint density at radius 1 is 1.07 bits per heavy atom. The highest BCUT2D eigenvalue weighted by atomic mass is 32.2. The number of morpholine rings is 1. The summed E-state index contributed by atoms with van der Waals surface area (Å²) < 4.78 is 5.50. The van der Waals surface area contributed by atoms with Gasteiger partial charge in [-0.15, -0.1) is 23.1 Å². The van der Waals surface area contributed by atoms with Crippen LogP contribution in [0.5, 0.6) is 0 Å². The fourth-order valence-electron chi connectivity index (χ4n) is 3.19. The number of thioether (sulfide) groups is 1. The van der Waals surface area contributed by atoms with Crippen molar-refractivity contribution in [2.75, 3.05) is 42.8 Å². The van der Waals surface area contributed by atoms with E-state index in [1.54, 1.807) is 23.1 Å². The zero-order valence-corrected chi connectivity index (χ0v) is 17.3. The van der Waals surface area contributed by atoms with Gasteiger partial charge in [0, 0.05) is 29.2 Å². The lowest BCUT2D eigenvalue weighted by Gasteiger charge is -2.28. The molecule has 0 atom stereocenters. The monoisotopic (exact) mass is 410 g/mol. The zero-order chi connectivity index (χ0) is 19.3. The van der Waals surface area contributed by atoms with E-state index in [-0.39, 0.29) is 5.91 Å². The molecule has 1 N–H and O–H groups in total. The molecular weight excluding hydrogens is 388 g/mol. The van der Waals surface area contributed by atoms with Crippen LogP contribution in [0.3, 0.4) is 0 Å². The minimum absolute atomic E-state index is 0.0707. The van der Waals surface area contributed by atoms with Gasteiger partial charge < -0.3 is 15.0 Å². The van der Waals surface area contributed by atoms with Crippen LogP contribution < -0.4 is 10.2 Å². The molecule has 4 rings (SSSR count). The highest BCUT2D eigenvalue weighted by Crippen LogP contribution is 2.39. The van der Waals surface area contributed by atoms with Gasteiger partial charge in [-0.05, 0) is 42.2 Å². The van der Waals surface area contributed by atoms with Crippen molar-refractivity contribution in [2.45, 2.75) is 4.90 Å². The quantitative estimate of drug-likeness (QED) is 0.585. The van der Waals surface area contributed by atoms with Crippen LogP contribution in [0.1, 0.15) is 9.67 Å². The van der Waals surface area contributed by atoms with Gasteiger partial charge in [0.1, 0.15) is 0 Å². The molecule has 1 aromatic heterocycles. The second kappa shape index (κ2) is 8.82. The van der Waals surface area contributed by atoms with E-state index < -0.39 is 0 Å². The van der Waals surface area contributed by atoms with Gasteiger partial charge in [0.15, 0.2) is 0 Å². The second-order valence-corrected chi connectivity index (χ2v) is 8.39. The number of hydrogen-bond donors (Lipinski definition) is 1. The molecule has 3 aromatic rings. The standard InChI is InChI=1S/C22H22N2O2S2/c1-27-18-9-7-17(8-10-18)23-21(25)20-15-19(16-5-3-2-4-6-16)22(28-20)24-11-13-26-14-12-24/h2-10,15H,11-14H2,1H3,(H,23,25). The average Bonchev–Trinajstić information content (AvgIpc) is 3.21. The van der Waals surface area contributed by atoms with Crippen LogP contribution in [0, 0.1) is 0 Å². The van der Waals surface area contributed by atoms with Crippen molar-refractivity contribution in [1.29, 1.82) is 0 Å². The van der Waals surface area contributed by atoms with Crippen molar-refractivity contribution >= 4 is 39.7 Å². The molecule has 0 spiro atoms. The number of nitrogens with zero attached hydrogens (tertiary/aromatic N) is 1. The summed E-state index contributed by atoms with van der Waals surface area (Å²) >= 11 is 3.24. The minimum Gasteiger partial charge on any atom is -0.378 e. The number of rotatable bonds is 5. The molecule has 6 heteroatoms. The first kappa shape index (κ1) is 19.1. The Hall–Kier alpha value is -2.28. The van der Waals surface area contributed by atoms with Crippen LogP contribution in [-0.2, 0) is 4.74 Å². The minimum atomic E-state index is -0.0707. The molecule has 0 radical (unpaired) electrons. The largest absolute Gasteiger partial charge is 0.378 e. The third kappa shape index (κ3) is 4.24. The molecule has 4 nitrogen and oxygen atoms in total. The maximum absolute atomic E-state index is 12.9. The van der Waals surface area contributed by atoms with Gasteiger partial charge in [0.05, 0.1) is 23.1 Å². The van der Waals surface area contributed by atoms with Crippen LogP contribution in [0.2, 0.25) is 0 Å². The number of thiophene rings is 1. The number of ether oxygens (including phenoxy) is 1. The molecule has 1 fully saturated rings. The van der Waals surface area contributed by atoms with E-state index in [1.807, 2.05) is 54.8 Å². The average molecular weight is 411 g/mol. The zero-order valence-electron chi connectivity index (χ0n) is 15.7. The Morgan fingerprint density at radius 3 is 2.46 bits per heavy atom. The Morgan fingerprint density at radius 2 is 1.79 bits per heavy atom. The predicted molar refractivity (Wildman–Crippen MR) is 119 cm³/mol. The van der Waals surface area contributed by atoms with E-state index >= 15 is 0 Å². The summed E-state index contributed by atoms with van der Waals surface area (Å²) in [6, 6.07) is 20.2. The number of amides is 1. The maximum atomic E-state index is 12.9. The first-order chi connectivity index (χ1) is 13.7. The summed E-state index contributed by atoms with van der Waals surface area (Å²) in [5.41, 5.74) is 3.05. The lowest BCUT2D eigenvalue weighted by molar-refractivity contribution is 0.103. The fourth-order valence-corrected chi connectivity index (χ4v) is 4.72. The Kier molecular flexibility index (Phi) is 6.00.